The second-order valence-electron chi connectivity index (χ2n) is 7.39. The number of nitrogens with zero attached hydrogens (tertiary/aromatic N) is 2. The van der Waals surface area contributed by atoms with Crippen molar-refractivity contribution in [2.45, 2.75) is 19.5 Å². The van der Waals surface area contributed by atoms with Crippen molar-refractivity contribution in [3.8, 4) is 11.5 Å². The van der Waals surface area contributed by atoms with Gasteiger partial charge < -0.3 is 15.2 Å². The number of benzene rings is 1. The van der Waals surface area contributed by atoms with Crippen LogP contribution in [0.3, 0.4) is 0 Å². The standard InChI is InChI=1S/C22H22F2N3O3/c23-22(24)30-19-8-7-18(11-20(19)29-14-15-5-6-15)27(10-2-4-17(25)13-27)21(28)16-3-1-9-26-12-16/h1-4,7-9,11-13,15,22H,5-6,10,14,25H2/q+1. The van der Waals surface area contributed by atoms with Gasteiger partial charge in [0.05, 0.1) is 17.9 Å². The van der Waals surface area contributed by atoms with E-state index in [9.17, 15) is 13.6 Å². The molecule has 1 fully saturated rings. The maximum absolute atomic E-state index is 13.5. The first-order valence-electron chi connectivity index (χ1n) is 9.68. The van der Waals surface area contributed by atoms with E-state index in [-0.39, 0.29) is 21.9 Å². The number of quaternary nitrogens is 1. The first-order chi connectivity index (χ1) is 14.5. The second kappa shape index (κ2) is 8.23. The highest BCUT2D eigenvalue weighted by atomic mass is 19.3. The minimum absolute atomic E-state index is 0.0640. The van der Waals surface area contributed by atoms with E-state index in [0.717, 1.165) is 12.8 Å². The Kier molecular flexibility index (Phi) is 5.50. The number of hydrogen-bond acceptors (Lipinski definition) is 5. The SMILES string of the molecule is NC1=C[N+](C(=O)c2cccnc2)(c2ccc(OC(F)F)c(OCC3CC3)c2)CC=C1. The summed E-state index contributed by atoms with van der Waals surface area (Å²) in [7, 11) is 0. The van der Waals surface area contributed by atoms with E-state index in [1.54, 1.807) is 48.8 Å². The van der Waals surface area contributed by atoms with Gasteiger partial charge in [0.15, 0.2) is 11.5 Å². The molecule has 0 bridgehead atoms. The summed E-state index contributed by atoms with van der Waals surface area (Å²) < 4.78 is 35.9. The van der Waals surface area contributed by atoms with E-state index in [4.69, 9.17) is 10.5 Å². The number of rotatable bonds is 7. The average molecular weight is 414 g/mol. The lowest BCUT2D eigenvalue weighted by Crippen LogP contribution is -2.51. The number of hydrogen-bond donors (Lipinski definition) is 1. The molecule has 1 saturated carbocycles. The fourth-order valence-electron chi connectivity index (χ4n) is 3.41. The Morgan fingerprint density at radius 2 is 2.10 bits per heavy atom. The number of carbonyl (C=O) groups excluding carboxylic acids is 1. The third-order valence-electron chi connectivity index (χ3n) is 5.12. The Hall–Kier alpha value is -3.26. The van der Waals surface area contributed by atoms with Crippen LogP contribution in [0.5, 0.6) is 11.5 Å². The van der Waals surface area contributed by atoms with Crippen molar-refractivity contribution >= 4 is 11.6 Å². The van der Waals surface area contributed by atoms with Gasteiger partial charge in [-0.3, -0.25) is 4.98 Å². The lowest BCUT2D eigenvalue weighted by molar-refractivity contribution is -0.0515. The zero-order valence-corrected chi connectivity index (χ0v) is 16.2. The van der Waals surface area contributed by atoms with Crippen LogP contribution in [0, 0.1) is 5.92 Å². The number of carbonyl (C=O) groups is 1. The number of allylic oxidation sites excluding steroid dienone is 1. The third kappa shape index (κ3) is 4.18. The predicted octanol–water partition coefficient (Wildman–Crippen LogP) is 3.99. The molecule has 1 amide bonds. The molecule has 2 heterocycles. The second-order valence-corrected chi connectivity index (χ2v) is 7.39. The van der Waals surface area contributed by atoms with Crippen LogP contribution in [-0.4, -0.2) is 30.7 Å². The molecule has 1 aliphatic carbocycles. The lowest BCUT2D eigenvalue weighted by Gasteiger charge is -2.33. The van der Waals surface area contributed by atoms with Crippen LogP contribution in [0.4, 0.5) is 14.5 Å². The molecule has 1 atom stereocenters. The highest BCUT2D eigenvalue weighted by Crippen LogP contribution is 2.39. The van der Waals surface area contributed by atoms with Gasteiger partial charge in [-0.1, -0.05) is 0 Å². The van der Waals surface area contributed by atoms with Gasteiger partial charge in [-0.15, -0.1) is 0 Å². The van der Waals surface area contributed by atoms with Crippen molar-refractivity contribution < 1.29 is 23.0 Å². The van der Waals surface area contributed by atoms with Gasteiger partial charge in [0.25, 0.3) is 0 Å². The summed E-state index contributed by atoms with van der Waals surface area (Å²) in [5.41, 5.74) is 7.40. The molecule has 0 radical (unpaired) electrons. The van der Waals surface area contributed by atoms with E-state index in [0.29, 0.717) is 36.0 Å². The smallest absolute Gasteiger partial charge is 0.387 e. The summed E-state index contributed by atoms with van der Waals surface area (Å²) in [6, 6.07) is 7.93. The predicted molar refractivity (Wildman–Crippen MR) is 108 cm³/mol. The molecule has 156 valence electrons. The molecular formula is C22H22F2N3O3+. The number of nitrogens with two attached hydrogens (primary N) is 1. The van der Waals surface area contributed by atoms with Crippen molar-refractivity contribution in [3.63, 3.8) is 0 Å². The molecule has 4 rings (SSSR count). The van der Waals surface area contributed by atoms with Gasteiger partial charge in [-0.05, 0) is 49.1 Å². The molecule has 1 aromatic carbocycles. The summed E-state index contributed by atoms with van der Waals surface area (Å²) in [5.74, 6) is 0.288. The van der Waals surface area contributed by atoms with E-state index < -0.39 is 6.61 Å². The normalized spacial score (nSPS) is 20.7. The first kappa shape index (κ1) is 20.0. The van der Waals surface area contributed by atoms with E-state index in [1.807, 2.05) is 0 Å². The number of alkyl halides is 2. The summed E-state index contributed by atoms with van der Waals surface area (Å²) in [4.78, 5) is 17.6. The third-order valence-corrected chi connectivity index (χ3v) is 5.12. The average Bonchev–Trinajstić information content (AvgIpc) is 3.57. The van der Waals surface area contributed by atoms with Crippen molar-refractivity contribution in [1.82, 2.24) is 9.47 Å². The molecule has 30 heavy (non-hydrogen) atoms. The fraction of sp³-hybridized carbons (Fsp3) is 0.273. The van der Waals surface area contributed by atoms with Crippen LogP contribution in [0.25, 0.3) is 0 Å². The molecule has 2 aromatic rings. The van der Waals surface area contributed by atoms with E-state index >= 15 is 0 Å². The number of ether oxygens (including phenoxy) is 2. The highest BCUT2D eigenvalue weighted by Gasteiger charge is 2.40. The Balaban J connectivity index is 1.77. The maximum Gasteiger partial charge on any atom is 0.387 e. The number of halogens is 2. The van der Waals surface area contributed by atoms with Gasteiger partial charge in [0.1, 0.15) is 18.4 Å². The van der Waals surface area contributed by atoms with Gasteiger partial charge in [0, 0.05) is 24.5 Å². The molecule has 6 nitrogen and oxygen atoms in total. The molecule has 1 unspecified atom stereocenters. The fourth-order valence-corrected chi connectivity index (χ4v) is 3.41. The highest BCUT2D eigenvalue weighted by molar-refractivity contribution is 6.03. The van der Waals surface area contributed by atoms with Crippen LogP contribution < -0.4 is 19.7 Å². The largest absolute Gasteiger partial charge is 0.489 e. The van der Waals surface area contributed by atoms with Gasteiger partial charge in [0.2, 0.25) is 0 Å². The van der Waals surface area contributed by atoms with Crippen LogP contribution in [0.2, 0.25) is 0 Å². The molecule has 2 aliphatic rings. The Bertz CT molecular complexity index is 990. The monoisotopic (exact) mass is 414 g/mol. The topological polar surface area (TPSA) is 74.4 Å². The molecular weight excluding hydrogens is 392 g/mol. The van der Waals surface area contributed by atoms with Crippen LogP contribution in [-0.2, 0) is 0 Å². The zero-order valence-electron chi connectivity index (χ0n) is 16.2. The molecule has 1 aliphatic heterocycles. The van der Waals surface area contributed by atoms with Gasteiger partial charge in [-0.25, -0.2) is 4.79 Å². The van der Waals surface area contributed by atoms with Gasteiger partial charge >= 0.3 is 12.5 Å². The Morgan fingerprint density at radius 1 is 1.27 bits per heavy atom. The molecule has 0 saturated heterocycles. The molecule has 0 spiro atoms. The summed E-state index contributed by atoms with van der Waals surface area (Å²) in [6.45, 7) is -2.25. The minimum Gasteiger partial charge on any atom is -0.489 e. The number of amides is 1. The van der Waals surface area contributed by atoms with Crippen molar-refractivity contribution in [3.05, 3.63) is 72.3 Å². The number of aromatic nitrogens is 1. The Labute approximate surface area is 172 Å². The molecule has 2 N–H and O–H groups in total. The molecule has 8 heteroatoms. The number of pyridine rings is 1. The summed E-state index contributed by atoms with van der Waals surface area (Å²) in [5, 5.41) is 0. The van der Waals surface area contributed by atoms with Crippen LogP contribution in [0.15, 0.2) is 66.8 Å². The van der Waals surface area contributed by atoms with Crippen molar-refractivity contribution in [2.75, 3.05) is 13.2 Å². The minimum atomic E-state index is -2.98. The Morgan fingerprint density at radius 3 is 2.77 bits per heavy atom. The van der Waals surface area contributed by atoms with Crippen molar-refractivity contribution in [1.29, 1.82) is 0 Å². The van der Waals surface area contributed by atoms with E-state index in [1.165, 1.54) is 12.3 Å². The zero-order chi connectivity index (χ0) is 21.1. The first-order valence-corrected chi connectivity index (χ1v) is 9.68. The van der Waals surface area contributed by atoms with Gasteiger partial charge in [-0.2, -0.15) is 13.3 Å². The maximum atomic E-state index is 13.5. The van der Waals surface area contributed by atoms with Crippen molar-refractivity contribution in [2.24, 2.45) is 11.7 Å². The quantitative estimate of drug-likeness (QED) is 0.694. The lowest BCUT2D eigenvalue weighted by atomic mass is 10.1. The van der Waals surface area contributed by atoms with E-state index in [2.05, 4.69) is 9.72 Å². The summed E-state index contributed by atoms with van der Waals surface area (Å²) >= 11 is 0. The summed E-state index contributed by atoms with van der Waals surface area (Å²) in [6.07, 6.45) is 10.3. The molecule has 1 aromatic heterocycles. The van der Waals surface area contributed by atoms with Crippen LogP contribution >= 0.6 is 0 Å². The van der Waals surface area contributed by atoms with Crippen LogP contribution in [0.1, 0.15) is 23.2 Å².